The molecule has 2 aliphatic heterocycles. The van der Waals surface area contributed by atoms with E-state index in [1.165, 1.54) is 22.7 Å². The Hall–Kier alpha value is -1.31. The zero-order chi connectivity index (χ0) is 14.0. The number of β-lactam (4-membered cyclic amide) rings is 1. The van der Waals surface area contributed by atoms with E-state index >= 15 is 0 Å². The average Bonchev–Trinajstić information content (AvgIpc) is 2.43. The minimum atomic E-state index is -0.586. The zero-order valence-corrected chi connectivity index (χ0v) is 11.4. The van der Waals surface area contributed by atoms with Crippen LogP contribution in [0.3, 0.4) is 0 Å². The molecular weight excluding hydrogens is 268 g/mol. The lowest BCUT2D eigenvalue weighted by Gasteiger charge is -2.49. The van der Waals surface area contributed by atoms with Gasteiger partial charge in [0.1, 0.15) is 23.7 Å². The summed E-state index contributed by atoms with van der Waals surface area (Å²) in [7, 11) is 1.71. The van der Waals surface area contributed by atoms with Gasteiger partial charge in [-0.25, -0.2) is 4.79 Å². The highest BCUT2D eigenvalue weighted by Gasteiger charge is 2.52. The molecule has 0 aromatic carbocycles. The summed E-state index contributed by atoms with van der Waals surface area (Å²) in [6.45, 7) is 3.29. The third-order valence-electron chi connectivity index (χ3n) is 3.07. The van der Waals surface area contributed by atoms with Crippen molar-refractivity contribution in [1.29, 1.82) is 0 Å². The van der Waals surface area contributed by atoms with Crippen LogP contribution >= 0.6 is 11.8 Å². The van der Waals surface area contributed by atoms with Crippen LogP contribution in [0.1, 0.15) is 0 Å². The lowest BCUT2D eigenvalue weighted by atomic mass is 10.0. The van der Waals surface area contributed by atoms with Gasteiger partial charge in [0.05, 0.1) is 6.61 Å². The SMILES string of the molecule is C=CCOC(=O)C1=C(CO)CSC2C(NC)C(=O)N12. The number of nitrogens with one attached hydrogen (secondary N) is 1. The molecular formula is C12H16N2O4S. The number of aliphatic hydroxyl groups is 1. The number of hydrogen-bond acceptors (Lipinski definition) is 6. The zero-order valence-electron chi connectivity index (χ0n) is 10.6. The van der Waals surface area contributed by atoms with Crippen LogP contribution in [0.4, 0.5) is 0 Å². The number of ether oxygens (including phenoxy) is 1. The van der Waals surface area contributed by atoms with Crippen LogP contribution in [-0.4, -0.2) is 59.3 Å². The summed E-state index contributed by atoms with van der Waals surface area (Å²) in [6, 6.07) is -0.285. The van der Waals surface area contributed by atoms with Gasteiger partial charge in [-0.15, -0.1) is 11.8 Å². The monoisotopic (exact) mass is 284 g/mol. The average molecular weight is 284 g/mol. The molecule has 2 N–H and O–H groups in total. The van der Waals surface area contributed by atoms with Crippen molar-refractivity contribution in [2.45, 2.75) is 11.4 Å². The Bertz CT molecular complexity index is 449. The highest BCUT2D eigenvalue weighted by molar-refractivity contribution is 8.00. The van der Waals surface area contributed by atoms with Gasteiger partial charge in [-0.1, -0.05) is 12.7 Å². The molecule has 19 heavy (non-hydrogen) atoms. The van der Waals surface area contributed by atoms with Crippen LogP contribution < -0.4 is 5.32 Å². The first-order valence-electron chi connectivity index (χ1n) is 5.88. The maximum absolute atomic E-state index is 12.0. The van der Waals surface area contributed by atoms with E-state index < -0.39 is 5.97 Å². The van der Waals surface area contributed by atoms with Crippen LogP contribution in [0, 0.1) is 0 Å². The number of hydrogen-bond donors (Lipinski definition) is 2. The van der Waals surface area contributed by atoms with Crippen LogP contribution in [0.2, 0.25) is 0 Å². The topological polar surface area (TPSA) is 78.9 Å². The van der Waals surface area contributed by atoms with Gasteiger partial charge in [0.15, 0.2) is 0 Å². The largest absolute Gasteiger partial charge is 0.457 e. The van der Waals surface area contributed by atoms with E-state index in [-0.39, 0.29) is 36.2 Å². The molecule has 2 heterocycles. The smallest absolute Gasteiger partial charge is 0.355 e. The second-order valence-corrected chi connectivity index (χ2v) is 5.28. The molecule has 2 rings (SSSR count). The van der Waals surface area contributed by atoms with Crippen molar-refractivity contribution < 1.29 is 19.4 Å². The molecule has 1 saturated heterocycles. The molecule has 2 unspecified atom stereocenters. The fourth-order valence-electron chi connectivity index (χ4n) is 2.13. The molecule has 2 aliphatic rings. The fraction of sp³-hybridized carbons (Fsp3) is 0.500. The van der Waals surface area contributed by atoms with Crippen LogP contribution in [0.5, 0.6) is 0 Å². The minimum Gasteiger partial charge on any atom is -0.457 e. The third-order valence-corrected chi connectivity index (χ3v) is 4.41. The third kappa shape index (κ3) is 2.29. The summed E-state index contributed by atoms with van der Waals surface area (Å²) in [5.41, 5.74) is 0.711. The fourth-order valence-corrected chi connectivity index (χ4v) is 3.53. The predicted octanol–water partition coefficient (Wildman–Crippen LogP) is -0.535. The summed E-state index contributed by atoms with van der Waals surface area (Å²) in [4.78, 5) is 25.4. The van der Waals surface area contributed by atoms with Crippen LogP contribution in [0.15, 0.2) is 23.9 Å². The minimum absolute atomic E-state index is 0.0797. The Labute approximate surface area is 115 Å². The maximum Gasteiger partial charge on any atom is 0.355 e. The van der Waals surface area contributed by atoms with E-state index in [2.05, 4.69) is 11.9 Å². The Balaban J connectivity index is 2.25. The number of carbonyl (C=O) groups excluding carboxylic acids is 2. The highest BCUT2D eigenvalue weighted by Crippen LogP contribution is 2.40. The quantitative estimate of drug-likeness (QED) is 0.401. The van der Waals surface area contributed by atoms with Gasteiger partial charge in [0, 0.05) is 5.75 Å². The van der Waals surface area contributed by atoms with Crippen molar-refractivity contribution in [1.82, 2.24) is 10.2 Å². The first kappa shape index (κ1) is 14.1. The molecule has 104 valence electrons. The summed E-state index contributed by atoms with van der Waals surface area (Å²) >= 11 is 1.52. The first-order valence-corrected chi connectivity index (χ1v) is 6.93. The summed E-state index contributed by atoms with van der Waals surface area (Å²) in [5, 5.41) is 12.1. The molecule has 0 aromatic heterocycles. The molecule has 0 saturated carbocycles. The summed E-state index contributed by atoms with van der Waals surface area (Å²) in [6.07, 6.45) is 1.46. The van der Waals surface area contributed by atoms with Gasteiger partial charge in [-0.05, 0) is 12.6 Å². The van der Waals surface area contributed by atoms with Gasteiger partial charge in [-0.2, -0.15) is 0 Å². The number of nitrogens with zero attached hydrogens (tertiary/aromatic N) is 1. The van der Waals surface area contributed by atoms with Crippen LogP contribution in [0.25, 0.3) is 0 Å². The second-order valence-electron chi connectivity index (χ2n) is 4.17. The predicted molar refractivity (Wildman–Crippen MR) is 71.2 cm³/mol. The van der Waals surface area contributed by atoms with Crippen molar-refractivity contribution in [3.8, 4) is 0 Å². The molecule has 0 radical (unpaired) electrons. The lowest BCUT2D eigenvalue weighted by Crippen LogP contribution is -2.69. The van der Waals surface area contributed by atoms with E-state index in [9.17, 15) is 14.7 Å². The molecule has 0 bridgehead atoms. The second kappa shape index (κ2) is 5.77. The normalized spacial score (nSPS) is 25.8. The Morgan fingerprint density at radius 3 is 3.05 bits per heavy atom. The summed E-state index contributed by atoms with van der Waals surface area (Å²) < 4.78 is 4.98. The van der Waals surface area contributed by atoms with Gasteiger partial charge in [-0.3, -0.25) is 9.69 Å². The van der Waals surface area contributed by atoms with Crippen molar-refractivity contribution in [2.75, 3.05) is 26.0 Å². The maximum atomic E-state index is 12.0. The Kier molecular flexibility index (Phi) is 4.28. The molecule has 0 aliphatic carbocycles. The van der Waals surface area contributed by atoms with Gasteiger partial charge >= 0.3 is 5.97 Å². The van der Waals surface area contributed by atoms with Crippen molar-refractivity contribution in [3.05, 3.63) is 23.9 Å². The number of rotatable bonds is 5. The molecule has 6 nitrogen and oxygen atoms in total. The number of esters is 1. The molecule has 2 atom stereocenters. The highest BCUT2D eigenvalue weighted by atomic mass is 32.2. The molecule has 1 amide bonds. The Morgan fingerprint density at radius 1 is 1.74 bits per heavy atom. The van der Waals surface area contributed by atoms with Crippen molar-refractivity contribution >= 4 is 23.6 Å². The number of likely N-dealkylation sites (N-methyl/N-ethyl adjacent to an activating group) is 1. The first-order chi connectivity index (χ1) is 9.15. The van der Waals surface area contributed by atoms with Gasteiger partial charge < -0.3 is 15.2 Å². The van der Waals surface area contributed by atoms with E-state index in [0.29, 0.717) is 11.3 Å². The van der Waals surface area contributed by atoms with E-state index in [1.54, 1.807) is 7.05 Å². The number of thioether (sulfide) groups is 1. The van der Waals surface area contributed by atoms with Gasteiger partial charge in [0.25, 0.3) is 0 Å². The van der Waals surface area contributed by atoms with E-state index in [4.69, 9.17) is 4.74 Å². The Morgan fingerprint density at radius 2 is 2.47 bits per heavy atom. The van der Waals surface area contributed by atoms with Crippen molar-refractivity contribution in [3.63, 3.8) is 0 Å². The standard InChI is InChI=1S/C12H16N2O4S/c1-3-4-18-12(17)9-7(5-15)6-19-11-8(13-2)10(16)14(9)11/h3,8,11,13,15H,1,4-6H2,2H3. The molecule has 0 aromatic rings. The van der Waals surface area contributed by atoms with Crippen molar-refractivity contribution in [2.24, 2.45) is 0 Å². The number of fused-ring (bicyclic) bond motifs is 1. The van der Waals surface area contributed by atoms with Crippen LogP contribution in [-0.2, 0) is 14.3 Å². The van der Waals surface area contributed by atoms with E-state index in [1.807, 2.05) is 0 Å². The summed E-state index contributed by atoms with van der Waals surface area (Å²) in [5.74, 6) is -0.241. The van der Waals surface area contributed by atoms with E-state index in [0.717, 1.165) is 0 Å². The molecule has 1 fully saturated rings. The number of aliphatic hydroxyl groups excluding tert-OH is 1. The molecule has 0 spiro atoms. The molecule has 7 heteroatoms. The van der Waals surface area contributed by atoms with Gasteiger partial charge in [0.2, 0.25) is 5.91 Å². The number of amides is 1. The lowest BCUT2D eigenvalue weighted by molar-refractivity contribution is -0.151. The number of carbonyl (C=O) groups is 2.